The molecule has 8 atom stereocenters. The Kier molecular flexibility index (Phi) is 2.78. The van der Waals surface area contributed by atoms with Gasteiger partial charge in [0.25, 0.3) is 11.8 Å². The van der Waals surface area contributed by atoms with Crippen LogP contribution in [0.2, 0.25) is 0 Å². The van der Waals surface area contributed by atoms with E-state index in [9.17, 15) is 9.59 Å². The first kappa shape index (κ1) is 15.2. The van der Waals surface area contributed by atoms with Crippen molar-refractivity contribution in [2.75, 3.05) is 7.11 Å². The molecule has 0 spiro atoms. The molecule has 3 aliphatic heterocycles. The summed E-state index contributed by atoms with van der Waals surface area (Å²) in [4.78, 5) is 28.1. The molecule has 23 heavy (non-hydrogen) atoms. The van der Waals surface area contributed by atoms with Gasteiger partial charge in [-0.05, 0) is 6.42 Å². The Labute approximate surface area is 151 Å². The number of imide groups is 1. The van der Waals surface area contributed by atoms with Gasteiger partial charge in [-0.25, -0.2) is 0 Å². The summed E-state index contributed by atoms with van der Waals surface area (Å²) in [6.45, 7) is 0. The second-order valence-corrected chi connectivity index (χ2v) is 8.96. The third-order valence-electron chi connectivity index (χ3n) is 6.15. The Morgan fingerprint density at radius 3 is 1.87 bits per heavy atom. The predicted octanol–water partition coefficient (Wildman–Crippen LogP) is 2.22. The molecule has 1 saturated carbocycles. The summed E-state index contributed by atoms with van der Waals surface area (Å²) in [5.74, 6) is -2.43. The maximum absolute atomic E-state index is 12.5. The smallest absolute Gasteiger partial charge is 0.260 e. The molecule has 0 aromatic heterocycles. The largest absolute Gasteiger partial charge is 0.373 e. The van der Waals surface area contributed by atoms with E-state index in [0.717, 1.165) is 5.06 Å². The van der Waals surface area contributed by atoms with Gasteiger partial charge in [-0.3, -0.25) is 14.4 Å². The van der Waals surface area contributed by atoms with E-state index in [2.05, 4.69) is 0 Å². The van der Waals surface area contributed by atoms with Crippen molar-refractivity contribution in [2.24, 2.45) is 23.7 Å². The zero-order valence-corrected chi connectivity index (χ0v) is 14.8. The standard InChI is InChI=1S/C14H11Cl4NO4/c1-22-19-11(20)3-4(12(19)21)8-6-5(7(3)23-8)13(17)2-14(6,18)10(16)9(13)15/h3-8H,2H2,1H3. The van der Waals surface area contributed by atoms with Crippen molar-refractivity contribution in [2.45, 2.75) is 28.4 Å². The van der Waals surface area contributed by atoms with Gasteiger partial charge in [0, 0.05) is 11.8 Å². The Morgan fingerprint density at radius 1 is 1.04 bits per heavy atom. The highest BCUT2D eigenvalue weighted by Gasteiger charge is 2.81. The third-order valence-corrected chi connectivity index (χ3v) is 8.64. The fourth-order valence-corrected chi connectivity index (χ4v) is 7.46. The molecule has 0 radical (unpaired) electrons. The summed E-state index contributed by atoms with van der Waals surface area (Å²) in [6.07, 6.45) is -0.603. The number of carbonyl (C=O) groups is 2. The van der Waals surface area contributed by atoms with Crippen molar-refractivity contribution in [3.63, 3.8) is 0 Å². The second kappa shape index (κ2) is 4.19. The molecule has 3 heterocycles. The molecule has 0 N–H and O–H groups in total. The van der Waals surface area contributed by atoms with E-state index in [0.29, 0.717) is 16.5 Å². The second-order valence-electron chi connectivity index (χ2n) is 6.85. The summed E-state index contributed by atoms with van der Waals surface area (Å²) in [5, 5.41) is 1.49. The molecule has 5 rings (SSSR count). The fourth-order valence-electron chi connectivity index (χ4n) is 5.44. The van der Waals surface area contributed by atoms with Gasteiger partial charge in [0.05, 0.1) is 51.0 Å². The number of carbonyl (C=O) groups excluding carboxylic acids is 2. The molecule has 2 amide bonds. The molecule has 4 fully saturated rings. The van der Waals surface area contributed by atoms with Crippen LogP contribution < -0.4 is 0 Å². The molecule has 0 aromatic rings. The monoisotopic (exact) mass is 397 g/mol. The summed E-state index contributed by atoms with van der Waals surface area (Å²) >= 11 is 26.3. The Hall–Kier alpha value is -0.0400. The molecule has 2 aliphatic carbocycles. The molecule has 4 bridgehead atoms. The lowest BCUT2D eigenvalue weighted by Crippen LogP contribution is -2.50. The molecular weight excluding hydrogens is 388 g/mol. The summed E-state index contributed by atoms with van der Waals surface area (Å²) in [5.41, 5.74) is 0. The topological polar surface area (TPSA) is 55.8 Å². The SMILES string of the molecule is CON1C(=O)C2C3OC(C2C1=O)C1C3C2(Cl)CC1(Cl)C(Cl)=C2Cl. The number of amides is 2. The molecule has 9 heteroatoms. The molecule has 8 unspecified atom stereocenters. The average Bonchev–Trinajstić information content (AvgIpc) is 3.21. The number of allylic oxidation sites excluding steroid dienone is 2. The Balaban J connectivity index is 1.65. The van der Waals surface area contributed by atoms with Crippen LogP contribution in [-0.2, 0) is 19.2 Å². The number of alkyl halides is 2. The third kappa shape index (κ3) is 1.37. The first-order chi connectivity index (χ1) is 10.8. The molecular formula is C14H11Cl4NO4. The van der Waals surface area contributed by atoms with Gasteiger partial charge in [-0.1, -0.05) is 23.2 Å². The van der Waals surface area contributed by atoms with Crippen LogP contribution in [0.3, 0.4) is 0 Å². The van der Waals surface area contributed by atoms with Crippen molar-refractivity contribution < 1.29 is 19.2 Å². The lowest BCUT2D eigenvalue weighted by Gasteiger charge is -2.40. The highest BCUT2D eigenvalue weighted by Crippen LogP contribution is 2.75. The van der Waals surface area contributed by atoms with E-state index >= 15 is 0 Å². The van der Waals surface area contributed by atoms with Gasteiger partial charge >= 0.3 is 0 Å². The van der Waals surface area contributed by atoms with Crippen molar-refractivity contribution in [1.82, 2.24) is 5.06 Å². The van der Waals surface area contributed by atoms with E-state index in [1.807, 2.05) is 0 Å². The summed E-state index contributed by atoms with van der Waals surface area (Å²) in [7, 11) is 1.30. The van der Waals surface area contributed by atoms with Crippen LogP contribution >= 0.6 is 46.4 Å². The van der Waals surface area contributed by atoms with Crippen LogP contribution in [0.5, 0.6) is 0 Å². The van der Waals surface area contributed by atoms with E-state index in [1.54, 1.807) is 0 Å². The minimum atomic E-state index is -0.931. The van der Waals surface area contributed by atoms with E-state index in [4.69, 9.17) is 56.0 Å². The Morgan fingerprint density at radius 2 is 1.48 bits per heavy atom. The quantitative estimate of drug-likeness (QED) is 0.502. The zero-order valence-electron chi connectivity index (χ0n) is 11.8. The molecule has 5 aliphatic rings. The van der Waals surface area contributed by atoms with Crippen LogP contribution in [-0.4, -0.2) is 45.9 Å². The number of fused-ring (bicyclic) bond motifs is 12. The highest BCUT2D eigenvalue weighted by molar-refractivity contribution is 6.51. The van der Waals surface area contributed by atoms with E-state index < -0.39 is 33.8 Å². The lowest BCUT2D eigenvalue weighted by atomic mass is 9.65. The number of hydrogen-bond donors (Lipinski definition) is 0. The fraction of sp³-hybridized carbons (Fsp3) is 0.714. The number of hydrogen-bond acceptors (Lipinski definition) is 4. The van der Waals surface area contributed by atoms with Gasteiger partial charge in [-0.2, -0.15) is 5.06 Å². The van der Waals surface area contributed by atoms with Gasteiger partial charge in [0.1, 0.15) is 0 Å². The van der Waals surface area contributed by atoms with Crippen LogP contribution in [0.25, 0.3) is 0 Å². The van der Waals surface area contributed by atoms with E-state index in [1.165, 1.54) is 7.11 Å². The van der Waals surface area contributed by atoms with Crippen molar-refractivity contribution >= 4 is 58.2 Å². The minimum absolute atomic E-state index is 0.239. The molecule has 5 nitrogen and oxygen atoms in total. The minimum Gasteiger partial charge on any atom is -0.373 e. The maximum Gasteiger partial charge on any atom is 0.260 e. The molecule has 0 aromatic carbocycles. The number of hydroxylamine groups is 2. The van der Waals surface area contributed by atoms with Crippen molar-refractivity contribution in [1.29, 1.82) is 0 Å². The first-order valence-electron chi connectivity index (χ1n) is 7.29. The van der Waals surface area contributed by atoms with Gasteiger partial charge < -0.3 is 4.74 Å². The predicted molar refractivity (Wildman–Crippen MR) is 82.0 cm³/mol. The Bertz CT molecular complexity index is 659. The molecule has 3 saturated heterocycles. The van der Waals surface area contributed by atoms with E-state index in [-0.39, 0.29) is 23.7 Å². The van der Waals surface area contributed by atoms with Crippen molar-refractivity contribution in [3.8, 4) is 0 Å². The molecule has 124 valence electrons. The van der Waals surface area contributed by atoms with Crippen LogP contribution in [0.1, 0.15) is 6.42 Å². The summed E-state index contributed by atoms with van der Waals surface area (Å²) in [6, 6.07) is 0. The zero-order chi connectivity index (χ0) is 16.5. The number of halogens is 4. The maximum atomic E-state index is 12.5. The average molecular weight is 399 g/mol. The summed E-state index contributed by atoms with van der Waals surface area (Å²) < 4.78 is 6.01. The normalized spacial score (nSPS) is 56.1. The van der Waals surface area contributed by atoms with Crippen LogP contribution in [0.15, 0.2) is 10.1 Å². The number of rotatable bonds is 1. The van der Waals surface area contributed by atoms with Crippen LogP contribution in [0, 0.1) is 23.7 Å². The van der Waals surface area contributed by atoms with Gasteiger partial charge in [0.15, 0.2) is 0 Å². The van der Waals surface area contributed by atoms with Crippen molar-refractivity contribution in [3.05, 3.63) is 10.1 Å². The number of nitrogens with zero attached hydrogens (tertiary/aromatic N) is 1. The number of ether oxygens (including phenoxy) is 1. The lowest BCUT2D eigenvalue weighted by molar-refractivity contribution is -0.184. The van der Waals surface area contributed by atoms with Gasteiger partial charge in [0.2, 0.25) is 0 Å². The highest BCUT2D eigenvalue weighted by atomic mass is 35.5. The first-order valence-corrected chi connectivity index (χ1v) is 8.80. The van der Waals surface area contributed by atoms with Crippen LogP contribution in [0.4, 0.5) is 0 Å². The van der Waals surface area contributed by atoms with Gasteiger partial charge in [-0.15, -0.1) is 23.2 Å².